The molecule has 0 aromatic heterocycles. The molecule has 16 heavy (non-hydrogen) atoms. The fraction of sp³-hybridized carbons (Fsp3) is 0. The van der Waals surface area contributed by atoms with Crippen molar-refractivity contribution in [1.29, 1.82) is 0 Å². The molecule has 0 saturated heterocycles. The van der Waals surface area contributed by atoms with Crippen LogP contribution in [0.5, 0.6) is 0 Å². The largest absolute Gasteiger partial charge is 6.00 e. The first kappa shape index (κ1) is 26.2. The monoisotopic (exact) mass is 766 g/mol. The first-order chi connectivity index (χ1) is 6.00. The van der Waals surface area contributed by atoms with Crippen LogP contribution in [-0.2, 0) is 39.7 Å². The molecule has 0 radical (unpaired) electrons. The van der Waals surface area contributed by atoms with Gasteiger partial charge in [0.2, 0.25) is 0 Å². The van der Waals surface area contributed by atoms with E-state index in [1.54, 1.807) is 0 Å². The Morgan fingerprint density at radius 2 is 0.438 bits per heavy atom. The average Bonchev–Trinajstić information content (AvgIpc) is 1.41. The Hall–Kier alpha value is 1.62. The van der Waals surface area contributed by atoms with E-state index in [9.17, 15) is 0 Å². The van der Waals surface area contributed by atoms with E-state index in [2.05, 4.69) is 0 Å². The van der Waals surface area contributed by atoms with E-state index < -0.39 is 56.9 Å². The van der Waals surface area contributed by atoms with Crippen LogP contribution in [0.3, 0.4) is 0 Å². The van der Waals surface area contributed by atoms with Gasteiger partial charge in [-0.2, -0.15) is 0 Å². The van der Waals surface area contributed by atoms with Crippen molar-refractivity contribution >= 4 is 56.9 Å². The number of rotatable bonds is 0. The Kier molecular flexibility index (Phi) is 17.3. The quantitative estimate of drug-likeness (QED) is 0.209. The zero-order valence-electron chi connectivity index (χ0n) is 6.53. The summed E-state index contributed by atoms with van der Waals surface area (Å²) in [5.41, 5.74) is 0. The summed E-state index contributed by atoms with van der Waals surface area (Å²) in [6, 6.07) is 0. The summed E-state index contributed by atoms with van der Waals surface area (Å²) in [6.07, 6.45) is 0. The topological polar surface area (TPSA) is 241 Å². The molecule has 0 heterocycles. The van der Waals surface area contributed by atoms with Gasteiger partial charge in [0.1, 0.15) is 0 Å². The molecule has 0 saturated carbocycles. The van der Waals surface area contributed by atoms with Crippen molar-refractivity contribution in [1.82, 2.24) is 0 Å². The summed E-state index contributed by atoms with van der Waals surface area (Å²) in [7, 11) is 0. The summed E-state index contributed by atoms with van der Waals surface area (Å²) < 4.78 is 104. The molecular formula is O12Te3W. The molecule has 0 aliphatic heterocycles. The minimum Gasteiger partial charge on any atom is 6.00 e. The molecule has 0 bridgehead atoms. The van der Waals surface area contributed by atoms with E-state index in [1.807, 2.05) is 0 Å². The van der Waals surface area contributed by atoms with Gasteiger partial charge in [0, 0.05) is 0 Å². The molecule has 0 amide bonds. The van der Waals surface area contributed by atoms with Crippen LogP contribution in [0.15, 0.2) is 0 Å². The Labute approximate surface area is 116 Å². The van der Waals surface area contributed by atoms with Crippen LogP contribution in [0.25, 0.3) is 0 Å². The Bertz CT molecular complexity index is 337. The predicted molar refractivity (Wildman–Crippen MR) is 21.4 cm³/mol. The molecule has 0 spiro atoms. The van der Waals surface area contributed by atoms with Crippen molar-refractivity contribution < 1.29 is 60.5 Å². The molecular weight excluding hydrogens is 759 g/mol. The number of hydrogen-bond acceptors (Lipinski definition) is 12. The molecule has 0 unspecified atom stereocenters. The summed E-state index contributed by atoms with van der Waals surface area (Å²) in [5, 5.41) is 0. The van der Waals surface area contributed by atoms with Gasteiger partial charge in [0.15, 0.2) is 0 Å². The molecule has 0 rings (SSSR count). The fourth-order valence-electron chi connectivity index (χ4n) is 0. The van der Waals surface area contributed by atoms with Gasteiger partial charge < -0.3 is 0 Å². The third kappa shape index (κ3) is 1280. The van der Waals surface area contributed by atoms with E-state index in [0.717, 1.165) is 0 Å². The summed E-state index contributed by atoms with van der Waals surface area (Å²) in [4.78, 5) is 0. The summed E-state index contributed by atoms with van der Waals surface area (Å²) in [5.74, 6) is 0. The zero-order valence-corrected chi connectivity index (χ0v) is 16.5. The summed E-state index contributed by atoms with van der Waals surface area (Å²) >= 11 is -18.1. The molecule has 16 heteroatoms. The van der Waals surface area contributed by atoms with Crippen LogP contribution < -0.4 is 20.8 Å². The van der Waals surface area contributed by atoms with Crippen molar-refractivity contribution in [2.24, 2.45) is 0 Å². The van der Waals surface area contributed by atoms with Crippen LogP contribution in [0.1, 0.15) is 0 Å². The normalized spacial score (nSPS) is 10.9. The van der Waals surface area contributed by atoms with Gasteiger partial charge in [0.25, 0.3) is 0 Å². The van der Waals surface area contributed by atoms with E-state index in [1.165, 1.54) is 0 Å². The van der Waals surface area contributed by atoms with Crippen molar-refractivity contribution in [3.63, 3.8) is 0 Å². The second-order valence-electron chi connectivity index (χ2n) is 1.22. The van der Waals surface area contributed by atoms with Gasteiger partial charge in [-0.1, -0.05) is 0 Å². The summed E-state index contributed by atoms with van der Waals surface area (Å²) in [6.45, 7) is 0. The zero-order chi connectivity index (χ0) is 13.5. The van der Waals surface area contributed by atoms with Gasteiger partial charge in [0.05, 0.1) is 0 Å². The van der Waals surface area contributed by atoms with Gasteiger partial charge in [-0.15, -0.1) is 0 Å². The predicted octanol–water partition coefficient (Wildman–Crippen LogP) is -8.99. The maximum Gasteiger partial charge on any atom is 6.00 e. The first-order valence-corrected chi connectivity index (χ1v) is 13.4. The van der Waals surface area contributed by atoms with Gasteiger partial charge in [-0.25, -0.2) is 0 Å². The minimum absolute atomic E-state index is 0. The van der Waals surface area contributed by atoms with Crippen LogP contribution in [0, 0.1) is 0 Å². The Morgan fingerprint density at radius 1 is 0.438 bits per heavy atom. The molecule has 12 nitrogen and oxygen atoms in total. The van der Waals surface area contributed by atoms with Crippen LogP contribution >= 0.6 is 0 Å². The standard InChI is InChI=1S/3H2O4Te.W/c3*1-5(2,3)4;/h3*(H2,1,2,3,4);/q;;;+6/p-6. The molecule has 0 aromatic rings. The Balaban J connectivity index is -0.0000000655. The van der Waals surface area contributed by atoms with Gasteiger partial charge in [-0.3, -0.25) is 0 Å². The van der Waals surface area contributed by atoms with E-state index in [0.29, 0.717) is 0 Å². The van der Waals surface area contributed by atoms with Crippen molar-refractivity contribution in [3.8, 4) is 0 Å². The van der Waals surface area contributed by atoms with Crippen molar-refractivity contribution in [2.75, 3.05) is 0 Å². The smallest absolute Gasteiger partial charge is 6.00 e. The molecule has 0 aromatic carbocycles. The third-order valence-corrected chi connectivity index (χ3v) is 0. The van der Waals surface area contributed by atoms with Crippen molar-refractivity contribution in [2.45, 2.75) is 0 Å². The van der Waals surface area contributed by atoms with Crippen molar-refractivity contribution in [3.05, 3.63) is 0 Å². The van der Waals surface area contributed by atoms with Crippen LogP contribution in [0.4, 0.5) is 0 Å². The second kappa shape index (κ2) is 10.5. The van der Waals surface area contributed by atoms with Gasteiger partial charge in [-0.05, 0) is 0 Å². The molecule has 96 valence electrons. The molecule has 0 fully saturated rings. The Morgan fingerprint density at radius 3 is 0.438 bits per heavy atom. The molecule has 0 aliphatic carbocycles. The fourth-order valence-corrected chi connectivity index (χ4v) is 0. The second-order valence-corrected chi connectivity index (χ2v) is 8.22. The van der Waals surface area contributed by atoms with Crippen LogP contribution in [-0.4, -0.2) is 56.9 Å². The SMILES string of the molecule is O=[Te](=O)([O-])[O-].O=[Te](=O)([O-])[O-].O=[Te](=O)([O-])[O-].[W+6]. The minimum atomic E-state index is -6.02. The molecule has 0 atom stereocenters. The molecule has 0 aliphatic rings. The van der Waals surface area contributed by atoms with Crippen LogP contribution in [0.2, 0.25) is 0 Å². The molecule has 0 N–H and O–H groups in total. The third-order valence-electron chi connectivity index (χ3n) is 0. The van der Waals surface area contributed by atoms with E-state index in [-0.39, 0.29) is 21.1 Å². The average molecular weight is 759 g/mol. The van der Waals surface area contributed by atoms with E-state index >= 15 is 0 Å². The van der Waals surface area contributed by atoms with Gasteiger partial charge >= 0.3 is 117 Å². The van der Waals surface area contributed by atoms with E-state index in [4.69, 9.17) is 39.5 Å². The maximum absolute atomic E-state index is 8.63. The number of hydrogen-bond donors (Lipinski definition) is 0. The first-order valence-electron chi connectivity index (χ1n) is 2.00. The maximum atomic E-state index is 8.63.